The Labute approximate surface area is 155 Å². The highest BCUT2D eigenvalue weighted by atomic mass is 16.7. The lowest BCUT2D eigenvalue weighted by molar-refractivity contribution is 0.102. The van der Waals surface area contributed by atoms with Crippen LogP contribution in [0.15, 0.2) is 48.5 Å². The zero-order valence-electron chi connectivity index (χ0n) is 14.9. The van der Waals surface area contributed by atoms with E-state index in [0.717, 1.165) is 0 Å². The molecule has 0 saturated heterocycles. The van der Waals surface area contributed by atoms with Gasteiger partial charge in [0.05, 0.1) is 17.1 Å². The lowest BCUT2D eigenvalue weighted by Crippen LogP contribution is -2.15. The molecule has 0 bridgehead atoms. The summed E-state index contributed by atoms with van der Waals surface area (Å²) < 4.78 is 16.2. The molecule has 1 amide bonds. The zero-order chi connectivity index (χ0) is 18.8. The number of nitrogens with one attached hydrogen (secondary N) is 1. The topological polar surface area (TPSA) is 82.6 Å². The SMILES string of the molecule is Cc1nc(Oc2ccccc2)nc(C)c1NC(=O)c1ccc2c(c1)OCO2. The maximum Gasteiger partial charge on any atom is 0.322 e. The lowest BCUT2D eigenvalue weighted by atomic mass is 10.1. The van der Waals surface area contributed by atoms with Crippen LogP contribution in [0.5, 0.6) is 23.3 Å². The summed E-state index contributed by atoms with van der Waals surface area (Å²) in [6.45, 7) is 3.75. The predicted molar refractivity (Wildman–Crippen MR) is 98.5 cm³/mol. The number of nitrogens with zero attached hydrogens (tertiary/aromatic N) is 2. The van der Waals surface area contributed by atoms with Crippen molar-refractivity contribution >= 4 is 11.6 Å². The minimum absolute atomic E-state index is 0.162. The van der Waals surface area contributed by atoms with Crippen molar-refractivity contribution in [1.29, 1.82) is 0 Å². The van der Waals surface area contributed by atoms with Crippen molar-refractivity contribution in [3.8, 4) is 23.3 Å². The van der Waals surface area contributed by atoms with Crippen LogP contribution in [0.25, 0.3) is 0 Å². The van der Waals surface area contributed by atoms with Crippen molar-refractivity contribution < 1.29 is 19.0 Å². The van der Waals surface area contributed by atoms with Gasteiger partial charge in [-0.05, 0) is 44.2 Å². The van der Waals surface area contributed by atoms with Gasteiger partial charge in [-0.25, -0.2) is 0 Å². The van der Waals surface area contributed by atoms with E-state index in [1.54, 1.807) is 32.0 Å². The quantitative estimate of drug-likeness (QED) is 0.758. The molecule has 3 aromatic rings. The largest absolute Gasteiger partial charge is 0.454 e. The maximum atomic E-state index is 12.6. The number of para-hydroxylation sites is 1. The number of aryl methyl sites for hydroxylation is 2. The number of hydrogen-bond donors (Lipinski definition) is 1. The molecular weight excluding hydrogens is 346 g/mol. The summed E-state index contributed by atoms with van der Waals surface area (Å²) in [5.74, 6) is 1.55. The second kappa shape index (κ2) is 6.95. The Hall–Kier alpha value is -3.61. The fourth-order valence-electron chi connectivity index (χ4n) is 2.73. The molecule has 27 heavy (non-hydrogen) atoms. The van der Waals surface area contributed by atoms with Gasteiger partial charge in [0.15, 0.2) is 11.5 Å². The monoisotopic (exact) mass is 363 g/mol. The fraction of sp³-hybridized carbons (Fsp3) is 0.150. The first-order valence-corrected chi connectivity index (χ1v) is 8.39. The summed E-state index contributed by atoms with van der Waals surface area (Å²) >= 11 is 0. The van der Waals surface area contributed by atoms with Crippen LogP contribution in [0.1, 0.15) is 21.7 Å². The number of anilines is 1. The van der Waals surface area contributed by atoms with Crippen LogP contribution in [-0.2, 0) is 0 Å². The standard InChI is InChI=1S/C20H17N3O4/c1-12-18(13(2)22-20(21-12)27-15-6-4-3-5-7-15)23-19(24)14-8-9-16-17(10-14)26-11-25-16/h3-10H,11H2,1-2H3,(H,23,24). The van der Waals surface area contributed by atoms with E-state index in [1.165, 1.54) is 0 Å². The lowest BCUT2D eigenvalue weighted by Gasteiger charge is -2.12. The van der Waals surface area contributed by atoms with Gasteiger partial charge in [-0.1, -0.05) is 18.2 Å². The Morgan fingerprint density at radius 1 is 1.00 bits per heavy atom. The van der Waals surface area contributed by atoms with Crippen LogP contribution in [0, 0.1) is 13.8 Å². The van der Waals surface area contributed by atoms with E-state index in [0.29, 0.717) is 39.9 Å². The summed E-state index contributed by atoms with van der Waals surface area (Å²) in [4.78, 5) is 21.3. The molecule has 0 atom stereocenters. The van der Waals surface area contributed by atoms with Crippen molar-refractivity contribution in [3.63, 3.8) is 0 Å². The van der Waals surface area contributed by atoms with Gasteiger partial charge in [0, 0.05) is 5.56 Å². The van der Waals surface area contributed by atoms with Crippen LogP contribution < -0.4 is 19.5 Å². The van der Waals surface area contributed by atoms with Crippen molar-refractivity contribution in [1.82, 2.24) is 9.97 Å². The minimum Gasteiger partial charge on any atom is -0.454 e. The smallest absolute Gasteiger partial charge is 0.322 e. The average Bonchev–Trinajstić information content (AvgIpc) is 3.13. The number of amides is 1. The fourth-order valence-corrected chi connectivity index (χ4v) is 2.73. The van der Waals surface area contributed by atoms with E-state index >= 15 is 0 Å². The van der Waals surface area contributed by atoms with Crippen LogP contribution in [-0.4, -0.2) is 22.7 Å². The molecule has 0 spiro atoms. The van der Waals surface area contributed by atoms with Crippen molar-refractivity contribution in [2.24, 2.45) is 0 Å². The van der Waals surface area contributed by atoms with E-state index < -0.39 is 0 Å². The van der Waals surface area contributed by atoms with Gasteiger partial charge in [0.1, 0.15) is 5.75 Å². The molecule has 7 heteroatoms. The molecule has 2 aromatic carbocycles. The summed E-state index contributed by atoms with van der Waals surface area (Å²) in [6.07, 6.45) is 0. The molecule has 0 aliphatic carbocycles. The second-order valence-electron chi connectivity index (χ2n) is 5.99. The van der Waals surface area contributed by atoms with Gasteiger partial charge < -0.3 is 19.5 Å². The van der Waals surface area contributed by atoms with Gasteiger partial charge in [-0.3, -0.25) is 4.79 Å². The first-order chi connectivity index (χ1) is 13.1. The third-order valence-corrected chi connectivity index (χ3v) is 4.08. The highest BCUT2D eigenvalue weighted by Gasteiger charge is 2.18. The first-order valence-electron chi connectivity index (χ1n) is 8.39. The summed E-state index contributed by atoms with van der Waals surface area (Å²) in [6, 6.07) is 14.6. The number of hydrogen-bond acceptors (Lipinski definition) is 6. The Morgan fingerprint density at radius 3 is 2.44 bits per heavy atom. The molecule has 0 unspecified atom stereocenters. The minimum atomic E-state index is -0.278. The number of carbonyl (C=O) groups is 1. The van der Waals surface area contributed by atoms with Gasteiger partial charge >= 0.3 is 6.01 Å². The van der Waals surface area contributed by atoms with Gasteiger partial charge in [0.25, 0.3) is 5.91 Å². The molecule has 1 N–H and O–H groups in total. The average molecular weight is 363 g/mol. The molecule has 1 aliphatic heterocycles. The molecule has 0 fully saturated rings. The van der Waals surface area contributed by atoms with Gasteiger partial charge in [-0.2, -0.15) is 9.97 Å². The highest BCUT2D eigenvalue weighted by Crippen LogP contribution is 2.33. The number of ether oxygens (including phenoxy) is 3. The number of carbonyl (C=O) groups excluding carboxylic acids is 1. The number of aromatic nitrogens is 2. The summed E-state index contributed by atoms with van der Waals surface area (Å²) in [7, 11) is 0. The van der Waals surface area contributed by atoms with E-state index in [1.807, 2.05) is 30.3 Å². The van der Waals surface area contributed by atoms with Crippen LogP contribution in [0.3, 0.4) is 0 Å². The van der Waals surface area contributed by atoms with E-state index in [4.69, 9.17) is 14.2 Å². The Balaban J connectivity index is 1.54. The van der Waals surface area contributed by atoms with E-state index in [-0.39, 0.29) is 18.7 Å². The van der Waals surface area contributed by atoms with Crippen LogP contribution in [0.4, 0.5) is 5.69 Å². The molecule has 136 valence electrons. The van der Waals surface area contributed by atoms with Crippen LogP contribution >= 0.6 is 0 Å². The second-order valence-corrected chi connectivity index (χ2v) is 5.99. The molecule has 0 saturated carbocycles. The molecule has 2 heterocycles. The predicted octanol–water partition coefficient (Wildman–Crippen LogP) is 3.87. The number of rotatable bonds is 4. The maximum absolute atomic E-state index is 12.6. The highest BCUT2D eigenvalue weighted by molar-refractivity contribution is 6.05. The van der Waals surface area contributed by atoms with Crippen molar-refractivity contribution in [2.75, 3.05) is 12.1 Å². The Kier molecular flexibility index (Phi) is 4.33. The molecule has 7 nitrogen and oxygen atoms in total. The summed E-state index contributed by atoms with van der Waals surface area (Å²) in [5, 5.41) is 2.86. The number of benzene rings is 2. The summed E-state index contributed by atoms with van der Waals surface area (Å²) in [5.41, 5.74) is 2.24. The normalized spacial score (nSPS) is 11.9. The first kappa shape index (κ1) is 16.8. The molecular formula is C20H17N3O4. The number of fused-ring (bicyclic) bond motifs is 1. The zero-order valence-corrected chi connectivity index (χ0v) is 14.9. The molecule has 1 aromatic heterocycles. The van der Waals surface area contributed by atoms with Crippen molar-refractivity contribution in [2.45, 2.75) is 13.8 Å². The third-order valence-electron chi connectivity index (χ3n) is 4.08. The Bertz CT molecular complexity index is 982. The van der Waals surface area contributed by atoms with Crippen LogP contribution in [0.2, 0.25) is 0 Å². The van der Waals surface area contributed by atoms with Gasteiger partial charge in [0.2, 0.25) is 6.79 Å². The Morgan fingerprint density at radius 2 is 1.70 bits per heavy atom. The van der Waals surface area contributed by atoms with Crippen molar-refractivity contribution in [3.05, 3.63) is 65.5 Å². The van der Waals surface area contributed by atoms with E-state index in [9.17, 15) is 4.79 Å². The molecule has 4 rings (SSSR count). The molecule has 1 aliphatic rings. The van der Waals surface area contributed by atoms with E-state index in [2.05, 4.69) is 15.3 Å². The molecule has 0 radical (unpaired) electrons. The van der Waals surface area contributed by atoms with Gasteiger partial charge in [-0.15, -0.1) is 0 Å². The third kappa shape index (κ3) is 3.52.